The topological polar surface area (TPSA) is 46.9 Å². The lowest BCUT2D eigenvalue weighted by molar-refractivity contribution is 0.699. The van der Waals surface area contributed by atoms with Crippen LogP contribution < -0.4 is 10.9 Å². The molecule has 3 rings (SSSR count). The highest BCUT2D eigenvalue weighted by Crippen LogP contribution is 2.33. The summed E-state index contributed by atoms with van der Waals surface area (Å²) >= 11 is 0. The molecule has 1 saturated carbocycles. The molecule has 0 atom stereocenters. The molecule has 0 bridgehead atoms. The molecule has 1 N–H and O–H groups in total. The standard InChI is InChI=1S/C16H19N3O/c1-12-3-2-4-13(11-12)7-8-17-15-16(20)19(10-9-18-15)14-5-6-14/h2-4,9-11,14H,5-8H2,1H3,(H,17,18). The Hall–Kier alpha value is -2.10. The second kappa shape index (κ2) is 5.49. The summed E-state index contributed by atoms with van der Waals surface area (Å²) in [6.45, 7) is 2.81. The van der Waals surface area contributed by atoms with Crippen LogP contribution in [0.4, 0.5) is 5.82 Å². The highest BCUT2D eigenvalue weighted by atomic mass is 16.1. The molecule has 1 aromatic heterocycles. The van der Waals surface area contributed by atoms with Crippen molar-refractivity contribution < 1.29 is 0 Å². The Kier molecular flexibility index (Phi) is 3.54. The van der Waals surface area contributed by atoms with Crippen molar-refractivity contribution in [2.24, 2.45) is 0 Å². The lowest BCUT2D eigenvalue weighted by Crippen LogP contribution is -2.24. The van der Waals surface area contributed by atoms with Crippen LogP contribution in [0.15, 0.2) is 41.5 Å². The number of aryl methyl sites for hydroxylation is 1. The molecule has 1 heterocycles. The molecular weight excluding hydrogens is 250 g/mol. The largest absolute Gasteiger partial charge is 0.365 e. The van der Waals surface area contributed by atoms with Gasteiger partial charge < -0.3 is 9.88 Å². The Balaban J connectivity index is 1.64. The van der Waals surface area contributed by atoms with E-state index in [0.717, 1.165) is 25.8 Å². The molecule has 0 spiro atoms. The molecule has 4 nitrogen and oxygen atoms in total. The molecule has 2 aromatic rings. The van der Waals surface area contributed by atoms with Crippen LogP contribution in [0.3, 0.4) is 0 Å². The minimum absolute atomic E-state index is 0.000702. The molecule has 20 heavy (non-hydrogen) atoms. The van der Waals surface area contributed by atoms with Crippen molar-refractivity contribution >= 4 is 5.82 Å². The molecule has 0 radical (unpaired) electrons. The lowest BCUT2D eigenvalue weighted by Gasteiger charge is -2.08. The van der Waals surface area contributed by atoms with Gasteiger partial charge in [-0.3, -0.25) is 4.79 Å². The molecule has 1 aliphatic carbocycles. The quantitative estimate of drug-likeness (QED) is 0.907. The van der Waals surface area contributed by atoms with E-state index in [2.05, 4.69) is 41.5 Å². The zero-order valence-electron chi connectivity index (χ0n) is 11.7. The second-order valence-corrected chi connectivity index (χ2v) is 5.39. The van der Waals surface area contributed by atoms with Gasteiger partial charge in [0.1, 0.15) is 0 Å². The normalized spacial score (nSPS) is 14.2. The smallest absolute Gasteiger partial charge is 0.293 e. The van der Waals surface area contributed by atoms with Crippen LogP contribution in [0.1, 0.15) is 30.0 Å². The zero-order valence-corrected chi connectivity index (χ0v) is 11.7. The predicted octanol–water partition coefficient (Wildman–Crippen LogP) is 2.54. The zero-order chi connectivity index (χ0) is 13.9. The maximum atomic E-state index is 12.2. The van der Waals surface area contributed by atoms with Gasteiger partial charge in [-0.25, -0.2) is 4.98 Å². The predicted molar refractivity (Wildman–Crippen MR) is 80.1 cm³/mol. The molecule has 0 amide bonds. The molecule has 1 aliphatic rings. The van der Waals surface area contributed by atoms with E-state index in [9.17, 15) is 4.79 Å². The summed E-state index contributed by atoms with van der Waals surface area (Å²) in [6, 6.07) is 8.82. The monoisotopic (exact) mass is 269 g/mol. The van der Waals surface area contributed by atoms with E-state index in [1.54, 1.807) is 17.0 Å². The van der Waals surface area contributed by atoms with Gasteiger partial charge in [0.2, 0.25) is 0 Å². The van der Waals surface area contributed by atoms with Gasteiger partial charge in [-0.1, -0.05) is 29.8 Å². The fourth-order valence-corrected chi connectivity index (χ4v) is 2.38. The van der Waals surface area contributed by atoms with Gasteiger partial charge in [-0.2, -0.15) is 0 Å². The van der Waals surface area contributed by atoms with Gasteiger partial charge >= 0.3 is 0 Å². The number of nitrogens with one attached hydrogen (secondary N) is 1. The molecule has 4 heteroatoms. The summed E-state index contributed by atoms with van der Waals surface area (Å²) in [5.74, 6) is 0.465. The van der Waals surface area contributed by atoms with Crippen molar-refractivity contribution in [2.75, 3.05) is 11.9 Å². The first kappa shape index (κ1) is 12.9. The number of aromatic nitrogens is 2. The summed E-state index contributed by atoms with van der Waals surface area (Å²) in [5, 5.41) is 3.16. The lowest BCUT2D eigenvalue weighted by atomic mass is 10.1. The third-order valence-electron chi connectivity index (χ3n) is 3.60. The van der Waals surface area contributed by atoms with Gasteiger partial charge in [0.05, 0.1) is 0 Å². The Morgan fingerprint density at radius 2 is 2.25 bits per heavy atom. The molecule has 0 aliphatic heterocycles. The Bertz CT molecular complexity index is 659. The van der Waals surface area contributed by atoms with E-state index in [0.29, 0.717) is 11.9 Å². The average Bonchev–Trinajstić information content (AvgIpc) is 3.25. The fraction of sp³-hybridized carbons (Fsp3) is 0.375. The maximum Gasteiger partial charge on any atom is 0.293 e. The van der Waals surface area contributed by atoms with Crippen molar-refractivity contribution in [3.63, 3.8) is 0 Å². The maximum absolute atomic E-state index is 12.2. The number of rotatable bonds is 5. The Labute approximate surface area is 118 Å². The fourth-order valence-electron chi connectivity index (χ4n) is 2.38. The van der Waals surface area contributed by atoms with E-state index in [1.165, 1.54) is 11.1 Å². The number of nitrogens with zero attached hydrogens (tertiary/aromatic N) is 2. The van der Waals surface area contributed by atoms with E-state index < -0.39 is 0 Å². The summed E-state index contributed by atoms with van der Waals surface area (Å²) in [4.78, 5) is 16.3. The Morgan fingerprint density at radius 3 is 3.00 bits per heavy atom. The van der Waals surface area contributed by atoms with Crippen LogP contribution in [0.5, 0.6) is 0 Å². The molecule has 1 aromatic carbocycles. The average molecular weight is 269 g/mol. The van der Waals surface area contributed by atoms with Gasteiger partial charge in [0, 0.05) is 25.0 Å². The van der Waals surface area contributed by atoms with Crippen molar-refractivity contribution in [2.45, 2.75) is 32.2 Å². The van der Waals surface area contributed by atoms with Gasteiger partial charge in [-0.05, 0) is 31.7 Å². The third kappa shape index (κ3) is 2.90. The summed E-state index contributed by atoms with van der Waals surface area (Å²) in [6.07, 6.45) is 6.58. The molecule has 1 fully saturated rings. The number of hydrogen-bond donors (Lipinski definition) is 1. The minimum Gasteiger partial charge on any atom is -0.365 e. The Morgan fingerprint density at radius 1 is 1.40 bits per heavy atom. The summed E-state index contributed by atoms with van der Waals surface area (Å²) in [5.41, 5.74) is 2.53. The van der Waals surface area contributed by atoms with E-state index in [-0.39, 0.29) is 5.56 Å². The highest BCUT2D eigenvalue weighted by molar-refractivity contribution is 5.32. The van der Waals surface area contributed by atoms with Crippen molar-refractivity contribution in [3.8, 4) is 0 Å². The third-order valence-corrected chi connectivity index (χ3v) is 3.60. The number of hydrogen-bond acceptors (Lipinski definition) is 3. The van der Waals surface area contributed by atoms with Crippen LogP contribution in [-0.4, -0.2) is 16.1 Å². The van der Waals surface area contributed by atoms with Crippen molar-refractivity contribution in [1.82, 2.24) is 9.55 Å². The molecular formula is C16H19N3O. The van der Waals surface area contributed by atoms with Crippen LogP contribution >= 0.6 is 0 Å². The van der Waals surface area contributed by atoms with Crippen molar-refractivity contribution in [1.29, 1.82) is 0 Å². The molecule has 0 unspecified atom stereocenters. The van der Waals surface area contributed by atoms with Gasteiger partial charge in [-0.15, -0.1) is 0 Å². The van der Waals surface area contributed by atoms with E-state index in [4.69, 9.17) is 0 Å². The van der Waals surface area contributed by atoms with Crippen molar-refractivity contribution in [3.05, 3.63) is 58.1 Å². The van der Waals surface area contributed by atoms with E-state index in [1.807, 2.05) is 0 Å². The first-order valence-electron chi connectivity index (χ1n) is 7.10. The van der Waals surface area contributed by atoms with Gasteiger partial charge in [0.15, 0.2) is 5.82 Å². The van der Waals surface area contributed by atoms with Crippen LogP contribution in [0, 0.1) is 6.92 Å². The number of benzene rings is 1. The highest BCUT2D eigenvalue weighted by Gasteiger charge is 2.25. The minimum atomic E-state index is -0.000702. The van der Waals surface area contributed by atoms with E-state index >= 15 is 0 Å². The first-order valence-corrected chi connectivity index (χ1v) is 7.10. The van der Waals surface area contributed by atoms with Gasteiger partial charge in [0.25, 0.3) is 5.56 Å². The SMILES string of the molecule is Cc1cccc(CCNc2nccn(C3CC3)c2=O)c1. The van der Waals surface area contributed by atoms with Crippen LogP contribution in [0.25, 0.3) is 0 Å². The summed E-state index contributed by atoms with van der Waals surface area (Å²) < 4.78 is 1.79. The number of anilines is 1. The van der Waals surface area contributed by atoms with Crippen LogP contribution in [0.2, 0.25) is 0 Å². The van der Waals surface area contributed by atoms with Crippen LogP contribution in [-0.2, 0) is 6.42 Å². The second-order valence-electron chi connectivity index (χ2n) is 5.39. The molecule has 104 valence electrons. The summed E-state index contributed by atoms with van der Waals surface area (Å²) in [7, 11) is 0. The first-order chi connectivity index (χ1) is 9.74. The molecule has 0 saturated heterocycles.